The zero-order valence-electron chi connectivity index (χ0n) is 14.6. The summed E-state index contributed by atoms with van der Waals surface area (Å²) in [5.74, 6) is 0.199. The van der Waals surface area contributed by atoms with E-state index in [1.807, 2.05) is 23.8 Å². The molecule has 1 amide bonds. The molecule has 0 saturated heterocycles. The SMILES string of the molecule is Cc1cc(NC(=O)[C@H](C)Sc2nccn2-c2cccc(C)c2C)on1. The monoisotopic (exact) mass is 356 g/mol. The van der Waals surface area contributed by atoms with E-state index in [1.165, 1.54) is 22.9 Å². The molecule has 0 bridgehead atoms. The zero-order valence-corrected chi connectivity index (χ0v) is 15.4. The first-order valence-corrected chi connectivity index (χ1v) is 8.84. The van der Waals surface area contributed by atoms with E-state index in [0.717, 1.165) is 16.5 Å². The van der Waals surface area contributed by atoms with Gasteiger partial charge in [0, 0.05) is 18.5 Å². The summed E-state index contributed by atoms with van der Waals surface area (Å²) in [4.78, 5) is 16.8. The molecule has 1 N–H and O–H groups in total. The Hall–Kier alpha value is -2.54. The summed E-state index contributed by atoms with van der Waals surface area (Å²) < 4.78 is 7.04. The molecule has 0 aliphatic rings. The normalized spacial score (nSPS) is 12.2. The molecule has 0 radical (unpaired) electrons. The lowest BCUT2D eigenvalue weighted by molar-refractivity contribution is -0.115. The van der Waals surface area contributed by atoms with Gasteiger partial charge in [0.05, 0.1) is 16.6 Å². The molecule has 6 nitrogen and oxygen atoms in total. The quantitative estimate of drug-likeness (QED) is 0.702. The van der Waals surface area contributed by atoms with Gasteiger partial charge in [-0.25, -0.2) is 4.98 Å². The van der Waals surface area contributed by atoms with E-state index in [2.05, 4.69) is 41.4 Å². The summed E-state index contributed by atoms with van der Waals surface area (Å²) in [5.41, 5.74) is 4.20. The number of carbonyl (C=O) groups is 1. The summed E-state index contributed by atoms with van der Waals surface area (Å²) in [5, 5.41) is 6.92. The molecule has 2 aromatic heterocycles. The molecular formula is C18H20N4O2S. The van der Waals surface area contributed by atoms with Gasteiger partial charge in [-0.2, -0.15) is 0 Å². The molecule has 2 heterocycles. The van der Waals surface area contributed by atoms with Crippen LogP contribution in [0.25, 0.3) is 5.69 Å². The van der Waals surface area contributed by atoms with E-state index in [1.54, 1.807) is 19.2 Å². The number of hydrogen-bond acceptors (Lipinski definition) is 5. The van der Waals surface area contributed by atoms with Crippen molar-refractivity contribution in [3.8, 4) is 5.69 Å². The van der Waals surface area contributed by atoms with Gasteiger partial charge in [0.15, 0.2) is 5.16 Å². The molecule has 1 atom stereocenters. The number of benzene rings is 1. The van der Waals surface area contributed by atoms with Crippen LogP contribution < -0.4 is 5.32 Å². The van der Waals surface area contributed by atoms with Crippen LogP contribution in [0.2, 0.25) is 0 Å². The fourth-order valence-corrected chi connectivity index (χ4v) is 3.29. The lowest BCUT2D eigenvalue weighted by atomic mass is 10.1. The maximum atomic E-state index is 12.4. The van der Waals surface area contributed by atoms with Crippen LogP contribution >= 0.6 is 11.8 Å². The smallest absolute Gasteiger partial charge is 0.240 e. The van der Waals surface area contributed by atoms with Crippen LogP contribution in [0.3, 0.4) is 0 Å². The zero-order chi connectivity index (χ0) is 18.0. The molecule has 0 spiro atoms. The van der Waals surface area contributed by atoms with Crippen LogP contribution in [0.1, 0.15) is 23.7 Å². The number of imidazole rings is 1. The van der Waals surface area contributed by atoms with Crippen molar-refractivity contribution in [2.75, 3.05) is 5.32 Å². The largest absolute Gasteiger partial charge is 0.338 e. The fraction of sp³-hybridized carbons (Fsp3) is 0.278. The van der Waals surface area contributed by atoms with Crippen LogP contribution in [0, 0.1) is 20.8 Å². The average Bonchev–Trinajstić information content (AvgIpc) is 3.19. The molecule has 3 rings (SSSR count). The van der Waals surface area contributed by atoms with Crippen LogP contribution in [0.15, 0.2) is 46.3 Å². The van der Waals surface area contributed by atoms with Crippen molar-refractivity contribution in [1.82, 2.24) is 14.7 Å². The van der Waals surface area contributed by atoms with Gasteiger partial charge < -0.3 is 4.52 Å². The minimum Gasteiger partial charge on any atom is -0.338 e. The minimum absolute atomic E-state index is 0.156. The Kier molecular flexibility index (Phi) is 4.94. The van der Waals surface area contributed by atoms with E-state index < -0.39 is 0 Å². The van der Waals surface area contributed by atoms with Gasteiger partial charge >= 0.3 is 0 Å². The first-order chi connectivity index (χ1) is 12.0. The summed E-state index contributed by atoms with van der Waals surface area (Å²) in [6.45, 7) is 7.81. The Morgan fingerprint density at radius 3 is 2.84 bits per heavy atom. The predicted octanol–water partition coefficient (Wildman–Crippen LogP) is 3.90. The highest BCUT2D eigenvalue weighted by Crippen LogP contribution is 2.27. The number of amides is 1. The second-order valence-electron chi connectivity index (χ2n) is 5.88. The first-order valence-electron chi connectivity index (χ1n) is 7.96. The molecule has 3 aromatic rings. The summed E-state index contributed by atoms with van der Waals surface area (Å²) in [6.07, 6.45) is 3.66. The van der Waals surface area contributed by atoms with E-state index in [9.17, 15) is 4.79 Å². The van der Waals surface area contributed by atoms with E-state index in [0.29, 0.717) is 5.88 Å². The Morgan fingerprint density at radius 1 is 1.32 bits per heavy atom. The molecule has 0 unspecified atom stereocenters. The number of anilines is 1. The predicted molar refractivity (Wildman–Crippen MR) is 98.2 cm³/mol. The minimum atomic E-state index is -0.336. The molecular weight excluding hydrogens is 336 g/mol. The summed E-state index contributed by atoms with van der Waals surface area (Å²) >= 11 is 1.40. The fourth-order valence-electron chi connectivity index (χ4n) is 2.41. The van der Waals surface area contributed by atoms with Crippen LogP contribution in [-0.2, 0) is 4.79 Å². The number of aromatic nitrogens is 3. The van der Waals surface area contributed by atoms with Crippen molar-refractivity contribution < 1.29 is 9.32 Å². The Bertz CT molecular complexity index is 900. The van der Waals surface area contributed by atoms with Crippen molar-refractivity contribution >= 4 is 23.6 Å². The molecule has 0 fully saturated rings. The number of nitrogens with one attached hydrogen (secondary N) is 1. The highest BCUT2D eigenvalue weighted by molar-refractivity contribution is 8.00. The van der Waals surface area contributed by atoms with Crippen molar-refractivity contribution in [2.24, 2.45) is 0 Å². The molecule has 130 valence electrons. The number of hydrogen-bond donors (Lipinski definition) is 1. The average molecular weight is 356 g/mol. The molecule has 0 aliphatic heterocycles. The van der Waals surface area contributed by atoms with Crippen molar-refractivity contribution in [3.63, 3.8) is 0 Å². The Labute approximate surface area is 150 Å². The number of thioether (sulfide) groups is 1. The number of carbonyl (C=O) groups excluding carboxylic acids is 1. The van der Waals surface area contributed by atoms with Crippen LogP contribution in [-0.4, -0.2) is 25.9 Å². The number of aryl methyl sites for hydroxylation is 2. The molecule has 1 aromatic carbocycles. The van der Waals surface area contributed by atoms with Gasteiger partial charge in [-0.15, -0.1) is 0 Å². The topological polar surface area (TPSA) is 73.0 Å². The van der Waals surface area contributed by atoms with Crippen LogP contribution in [0.5, 0.6) is 0 Å². The molecule has 0 aliphatic carbocycles. The number of rotatable bonds is 5. The first kappa shape index (κ1) is 17.3. The highest BCUT2D eigenvalue weighted by atomic mass is 32.2. The lowest BCUT2D eigenvalue weighted by Gasteiger charge is -2.14. The highest BCUT2D eigenvalue weighted by Gasteiger charge is 2.19. The second-order valence-corrected chi connectivity index (χ2v) is 7.19. The second kappa shape index (κ2) is 7.14. The summed E-state index contributed by atoms with van der Waals surface area (Å²) in [6, 6.07) is 7.84. The number of nitrogens with zero attached hydrogens (tertiary/aromatic N) is 3. The standard InChI is InChI=1S/C18H20N4O2S/c1-11-6-5-7-15(13(11)3)22-9-8-19-18(22)25-14(4)17(23)20-16-10-12(2)21-24-16/h5-10,14H,1-4H3,(H,20,23)/t14-/m0/s1. The van der Waals surface area contributed by atoms with Crippen molar-refractivity contribution in [1.29, 1.82) is 0 Å². The van der Waals surface area contributed by atoms with E-state index in [4.69, 9.17) is 4.52 Å². The van der Waals surface area contributed by atoms with E-state index in [-0.39, 0.29) is 11.2 Å². The third kappa shape index (κ3) is 3.76. The van der Waals surface area contributed by atoms with E-state index >= 15 is 0 Å². The summed E-state index contributed by atoms with van der Waals surface area (Å²) in [7, 11) is 0. The van der Waals surface area contributed by atoms with Crippen LogP contribution in [0.4, 0.5) is 5.88 Å². The maximum absolute atomic E-state index is 12.4. The van der Waals surface area contributed by atoms with Crippen molar-refractivity contribution in [2.45, 2.75) is 38.1 Å². The molecule has 0 saturated carbocycles. The third-order valence-corrected chi connectivity index (χ3v) is 5.05. The van der Waals surface area contributed by atoms with Gasteiger partial charge in [0.2, 0.25) is 11.8 Å². The van der Waals surface area contributed by atoms with Gasteiger partial charge in [0.25, 0.3) is 0 Å². The van der Waals surface area contributed by atoms with Gasteiger partial charge in [-0.3, -0.25) is 14.7 Å². The van der Waals surface area contributed by atoms with Gasteiger partial charge in [0.1, 0.15) is 0 Å². The maximum Gasteiger partial charge on any atom is 0.240 e. The van der Waals surface area contributed by atoms with Gasteiger partial charge in [-0.05, 0) is 44.9 Å². The molecule has 25 heavy (non-hydrogen) atoms. The molecule has 7 heteroatoms. The Balaban J connectivity index is 1.76. The van der Waals surface area contributed by atoms with Gasteiger partial charge in [-0.1, -0.05) is 29.1 Å². The van der Waals surface area contributed by atoms with Crippen molar-refractivity contribution in [3.05, 3.63) is 53.5 Å². The third-order valence-electron chi connectivity index (χ3n) is 3.97. The lowest BCUT2D eigenvalue weighted by Crippen LogP contribution is -2.22. The Morgan fingerprint density at radius 2 is 2.12 bits per heavy atom.